The number of thiophene rings is 1. The van der Waals surface area contributed by atoms with Crippen LogP contribution in [0.2, 0.25) is 0 Å². The zero-order chi connectivity index (χ0) is 32.6. The fourth-order valence-corrected chi connectivity index (χ4v) is 7.71. The third kappa shape index (κ3) is 5.48. The Morgan fingerprint density at radius 2 is 0.796 bits per heavy atom. The molecule has 0 aliphatic rings. The molecule has 0 saturated carbocycles. The molecule has 2 aromatic heterocycles. The van der Waals surface area contributed by atoms with Crippen LogP contribution in [0.5, 0.6) is 0 Å². The largest absolute Gasteiger partial charge is 0.208 e. The van der Waals surface area contributed by atoms with Crippen molar-refractivity contribution in [1.82, 2.24) is 15.0 Å². The summed E-state index contributed by atoms with van der Waals surface area (Å²) in [5.41, 5.74) is 10.1. The maximum Gasteiger partial charge on any atom is 0.164 e. The number of rotatable bonds is 6. The molecule has 0 spiro atoms. The van der Waals surface area contributed by atoms with Gasteiger partial charge in [0.05, 0.1) is 0 Å². The normalized spacial score (nSPS) is 11.3. The molecule has 0 N–H and O–H groups in total. The molecule has 2 heterocycles. The first kappa shape index (κ1) is 29.0. The van der Waals surface area contributed by atoms with Gasteiger partial charge in [0, 0.05) is 36.9 Å². The molecule has 0 saturated heterocycles. The first-order valence-corrected chi connectivity index (χ1v) is 17.2. The number of nitrogens with zero attached hydrogens (tertiary/aromatic N) is 3. The number of hydrogen-bond acceptors (Lipinski definition) is 4. The van der Waals surface area contributed by atoms with Gasteiger partial charge in [0.1, 0.15) is 0 Å². The molecular weight excluding hydrogens is 615 g/mol. The summed E-state index contributed by atoms with van der Waals surface area (Å²) in [6.07, 6.45) is 0. The topological polar surface area (TPSA) is 38.7 Å². The molecule has 9 rings (SSSR count). The van der Waals surface area contributed by atoms with E-state index in [0.717, 1.165) is 22.1 Å². The van der Waals surface area contributed by atoms with Crippen molar-refractivity contribution in [3.63, 3.8) is 0 Å². The van der Waals surface area contributed by atoms with Gasteiger partial charge in [-0.05, 0) is 57.6 Å². The lowest BCUT2D eigenvalue weighted by Gasteiger charge is -2.12. The van der Waals surface area contributed by atoms with E-state index in [1.54, 1.807) is 11.3 Å². The fraction of sp³-hybridized carbons (Fsp3) is 0. The Morgan fingerprint density at radius 1 is 0.306 bits per heavy atom. The maximum absolute atomic E-state index is 5.09. The van der Waals surface area contributed by atoms with E-state index in [1.165, 1.54) is 48.2 Å². The SMILES string of the molecule is c1ccc(-c2cccc(-c3ccccc3-c3ccc4sc5cccc(-c6nc(-c7ccccc7)nc(-c7ccccc7)n6)c5c4c3)c2)cc1. The fourth-order valence-electron chi connectivity index (χ4n) is 6.59. The van der Waals surface area contributed by atoms with Gasteiger partial charge in [-0.25, -0.2) is 15.0 Å². The summed E-state index contributed by atoms with van der Waals surface area (Å²) in [6, 6.07) is 61.7. The molecule has 49 heavy (non-hydrogen) atoms. The molecule has 9 aromatic rings. The third-order valence-electron chi connectivity index (χ3n) is 8.95. The van der Waals surface area contributed by atoms with Crippen molar-refractivity contribution in [2.75, 3.05) is 0 Å². The average molecular weight is 644 g/mol. The van der Waals surface area contributed by atoms with Crippen LogP contribution >= 0.6 is 11.3 Å². The molecule has 0 radical (unpaired) electrons. The van der Waals surface area contributed by atoms with E-state index in [4.69, 9.17) is 15.0 Å². The zero-order valence-corrected chi connectivity index (χ0v) is 27.3. The third-order valence-corrected chi connectivity index (χ3v) is 10.1. The van der Waals surface area contributed by atoms with Crippen molar-refractivity contribution in [2.45, 2.75) is 0 Å². The van der Waals surface area contributed by atoms with Gasteiger partial charge in [-0.2, -0.15) is 0 Å². The summed E-state index contributed by atoms with van der Waals surface area (Å²) in [5.74, 6) is 1.99. The van der Waals surface area contributed by atoms with Crippen molar-refractivity contribution in [3.8, 4) is 67.5 Å². The summed E-state index contributed by atoms with van der Waals surface area (Å²) in [6.45, 7) is 0. The molecule has 0 amide bonds. The van der Waals surface area contributed by atoms with Crippen molar-refractivity contribution in [3.05, 3.63) is 176 Å². The Hall–Kier alpha value is -6.23. The Morgan fingerprint density at radius 3 is 1.45 bits per heavy atom. The molecular formula is C45H29N3S. The molecule has 0 atom stereocenters. The van der Waals surface area contributed by atoms with Crippen LogP contribution in [0.3, 0.4) is 0 Å². The predicted molar refractivity (Wildman–Crippen MR) is 205 cm³/mol. The minimum absolute atomic E-state index is 0.661. The van der Waals surface area contributed by atoms with Crippen molar-refractivity contribution in [2.24, 2.45) is 0 Å². The molecule has 0 aliphatic heterocycles. The minimum atomic E-state index is 0.661. The highest BCUT2D eigenvalue weighted by Crippen LogP contribution is 2.43. The molecule has 0 aliphatic carbocycles. The van der Waals surface area contributed by atoms with E-state index in [9.17, 15) is 0 Å². The highest BCUT2D eigenvalue weighted by Gasteiger charge is 2.18. The van der Waals surface area contributed by atoms with Crippen LogP contribution in [-0.2, 0) is 0 Å². The van der Waals surface area contributed by atoms with Gasteiger partial charge in [-0.1, -0.05) is 152 Å². The van der Waals surface area contributed by atoms with Crippen LogP contribution in [0, 0.1) is 0 Å². The molecule has 7 aromatic carbocycles. The van der Waals surface area contributed by atoms with Crippen LogP contribution in [0.4, 0.5) is 0 Å². The molecule has 0 fully saturated rings. The summed E-state index contributed by atoms with van der Waals surface area (Å²) >= 11 is 1.80. The second-order valence-electron chi connectivity index (χ2n) is 12.0. The smallest absolute Gasteiger partial charge is 0.164 e. The van der Waals surface area contributed by atoms with E-state index in [1.807, 2.05) is 60.7 Å². The second-order valence-corrected chi connectivity index (χ2v) is 13.1. The molecule has 0 bridgehead atoms. The molecule has 4 heteroatoms. The van der Waals surface area contributed by atoms with Crippen LogP contribution in [0.25, 0.3) is 87.7 Å². The standard InChI is InChI=1S/C45H29N3S/c1-4-14-30(15-5-1)33-20-12-21-34(28-33)36-22-10-11-23-37(36)35-26-27-40-39(29-35)42-38(24-13-25-41(42)49-40)45-47-43(31-16-6-2-7-17-31)46-44(48-45)32-18-8-3-9-19-32/h1-29H. The molecule has 3 nitrogen and oxygen atoms in total. The van der Waals surface area contributed by atoms with Gasteiger partial charge in [0.2, 0.25) is 0 Å². The minimum Gasteiger partial charge on any atom is -0.208 e. The number of benzene rings is 7. The predicted octanol–water partition coefficient (Wildman–Crippen LogP) is 12.2. The molecule has 230 valence electrons. The number of aromatic nitrogens is 3. The summed E-state index contributed by atoms with van der Waals surface area (Å²) in [7, 11) is 0. The van der Waals surface area contributed by atoms with Crippen LogP contribution in [0.15, 0.2) is 176 Å². The Bertz CT molecular complexity index is 2540. The van der Waals surface area contributed by atoms with Gasteiger partial charge in [0.25, 0.3) is 0 Å². The average Bonchev–Trinajstić information content (AvgIpc) is 3.57. The van der Waals surface area contributed by atoms with E-state index < -0.39 is 0 Å². The lowest BCUT2D eigenvalue weighted by atomic mass is 9.92. The van der Waals surface area contributed by atoms with Gasteiger partial charge in [0.15, 0.2) is 17.5 Å². The van der Waals surface area contributed by atoms with E-state index in [2.05, 4.69) is 115 Å². The quantitative estimate of drug-likeness (QED) is 0.181. The van der Waals surface area contributed by atoms with Crippen molar-refractivity contribution >= 4 is 31.5 Å². The highest BCUT2D eigenvalue weighted by atomic mass is 32.1. The van der Waals surface area contributed by atoms with Crippen molar-refractivity contribution < 1.29 is 0 Å². The van der Waals surface area contributed by atoms with E-state index in [0.29, 0.717) is 17.5 Å². The number of fused-ring (bicyclic) bond motifs is 3. The highest BCUT2D eigenvalue weighted by molar-refractivity contribution is 7.26. The van der Waals surface area contributed by atoms with Crippen LogP contribution < -0.4 is 0 Å². The first-order valence-electron chi connectivity index (χ1n) is 16.4. The monoisotopic (exact) mass is 643 g/mol. The lowest BCUT2D eigenvalue weighted by Crippen LogP contribution is -2.00. The van der Waals surface area contributed by atoms with Gasteiger partial charge in [-0.3, -0.25) is 0 Å². The van der Waals surface area contributed by atoms with E-state index in [-0.39, 0.29) is 0 Å². The van der Waals surface area contributed by atoms with Gasteiger partial charge < -0.3 is 0 Å². The van der Waals surface area contributed by atoms with Crippen LogP contribution in [0.1, 0.15) is 0 Å². The number of hydrogen-bond donors (Lipinski definition) is 0. The van der Waals surface area contributed by atoms with Gasteiger partial charge in [-0.15, -0.1) is 11.3 Å². The Labute approximate surface area is 288 Å². The maximum atomic E-state index is 5.09. The molecule has 0 unspecified atom stereocenters. The first-order chi connectivity index (χ1) is 24.3. The Balaban J connectivity index is 1.21. The van der Waals surface area contributed by atoms with E-state index >= 15 is 0 Å². The second kappa shape index (κ2) is 12.4. The summed E-state index contributed by atoms with van der Waals surface area (Å²) < 4.78 is 2.44. The zero-order valence-electron chi connectivity index (χ0n) is 26.5. The lowest BCUT2D eigenvalue weighted by molar-refractivity contribution is 1.08. The summed E-state index contributed by atoms with van der Waals surface area (Å²) in [4.78, 5) is 15.1. The summed E-state index contributed by atoms with van der Waals surface area (Å²) in [5, 5.41) is 2.36. The Kier molecular flexibility index (Phi) is 7.34. The van der Waals surface area contributed by atoms with Gasteiger partial charge >= 0.3 is 0 Å². The van der Waals surface area contributed by atoms with Crippen LogP contribution in [-0.4, -0.2) is 15.0 Å². The van der Waals surface area contributed by atoms with Crippen molar-refractivity contribution in [1.29, 1.82) is 0 Å².